The Kier molecular flexibility index (Phi) is 3.47. The summed E-state index contributed by atoms with van der Waals surface area (Å²) in [6.07, 6.45) is 1.10. The number of anilines is 1. The predicted octanol–water partition coefficient (Wildman–Crippen LogP) is 3.74. The summed E-state index contributed by atoms with van der Waals surface area (Å²) in [4.78, 5) is 12.0. The van der Waals surface area contributed by atoms with Crippen LogP contribution in [0.3, 0.4) is 0 Å². The fourth-order valence-corrected chi connectivity index (χ4v) is 3.31. The van der Waals surface area contributed by atoms with Gasteiger partial charge in [-0.25, -0.2) is 4.39 Å². The zero-order valence-corrected chi connectivity index (χ0v) is 13.4. The van der Waals surface area contributed by atoms with Gasteiger partial charge in [-0.3, -0.25) is 0 Å². The summed E-state index contributed by atoms with van der Waals surface area (Å²) in [5.74, 6) is -0.0672. The fourth-order valence-electron chi connectivity index (χ4n) is 3.13. The molecule has 4 rings (SSSR count). The van der Waals surface area contributed by atoms with Crippen LogP contribution >= 0.6 is 11.6 Å². The lowest BCUT2D eigenvalue weighted by atomic mass is 9.82. The molecule has 2 atom stereocenters. The maximum Gasteiger partial charge on any atom is 0.191 e. The van der Waals surface area contributed by atoms with Crippen LogP contribution in [0.1, 0.15) is 24.0 Å². The average Bonchev–Trinajstić information content (AvgIpc) is 3.32. The van der Waals surface area contributed by atoms with E-state index in [1.165, 1.54) is 18.2 Å². The van der Waals surface area contributed by atoms with Crippen LogP contribution in [0.4, 0.5) is 10.1 Å². The van der Waals surface area contributed by atoms with Gasteiger partial charge in [0.05, 0.1) is 6.10 Å². The first-order valence-corrected chi connectivity index (χ1v) is 8.06. The average molecular weight is 348 g/mol. The monoisotopic (exact) mass is 347 g/mol. The highest BCUT2D eigenvalue weighted by atomic mass is 35.5. The van der Waals surface area contributed by atoms with Crippen LogP contribution in [0.15, 0.2) is 41.6 Å². The van der Waals surface area contributed by atoms with E-state index >= 15 is 0 Å². The van der Waals surface area contributed by atoms with Gasteiger partial charge in [0, 0.05) is 21.8 Å². The first-order chi connectivity index (χ1) is 11.5. The molecule has 0 bridgehead atoms. The van der Waals surface area contributed by atoms with Crippen molar-refractivity contribution in [3.63, 3.8) is 0 Å². The Balaban J connectivity index is 1.94. The molecule has 5 nitrogen and oxygen atoms in total. The Morgan fingerprint density at radius 2 is 2.04 bits per heavy atom. The SMILES string of the molecule is NC1Nc2ccc(Cl)cc2C1(N=O)c1cc(F)ccc1OC1CC1. The summed E-state index contributed by atoms with van der Waals surface area (Å²) in [7, 11) is 0. The van der Waals surface area contributed by atoms with Crippen molar-refractivity contribution in [1.29, 1.82) is 0 Å². The summed E-state index contributed by atoms with van der Waals surface area (Å²) in [5, 5.41) is 6.81. The Hall–Kier alpha value is -2.18. The molecule has 1 aliphatic carbocycles. The minimum Gasteiger partial charge on any atom is -0.490 e. The van der Waals surface area contributed by atoms with Gasteiger partial charge in [0.1, 0.15) is 17.7 Å². The number of halogens is 2. The van der Waals surface area contributed by atoms with Crippen molar-refractivity contribution >= 4 is 17.3 Å². The number of nitroso groups, excluding NO2 is 1. The number of hydrogen-bond donors (Lipinski definition) is 2. The van der Waals surface area contributed by atoms with Gasteiger partial charge in [-0.15, -0.1) is 4.91 Å². The predicted molar refractivity (Wildman–Crippen MR) is 89.7 cm³/mol. The molecule has 1 heterocycles. The van der Waals surface area contributed by atoms with Crippen molar-refractivity contribution in [2.24, 2.45) is 10.9 Å². The molecule has 0 saturated heterocycles. The van der Waals surface area contributed by atoms with Gasteiger partial charge in [-0.05, 0) is 54.4 Å². The lowest BCUT2D eigenvalue weighted by Gasteiger charge is -2.28. The van der Waals surface area contributed by atoms with Gasteiger partial charge in [0.15, 0.2) is 5.54 Å². The van der Waals surface area contributed by atoms with E-state index in [0.717, 1.165) is 12.8 Å². The van der Waals surface area contributed by atoms with E-state index in [0.29, 0.717) is 27.6 Å². The number of rotatable bonds is 4. The fraction of sp³-hybridized carbons (Fsp3) is 0.294. The Morgan fingerprint density at radius 3 is 2.75 bits per heavy atom. The maximum atomic E-state index is 14.0. The van der Waals surface area contributed by atoms with E-state index in [9.17, 15) is 9.30 Å². The highest BCUT2D eigenvalue weighted by molar-refractivity contribution is 6.30. The number of nitrogens with two attached hydrogens (primary N) is 1. The standard InChI is InChI=1S/C17H15ClFN3O2/c18-9-1-5-14-12(7-9)17(22-23,16(20)21-14)13-8-10(19)2-6-15(13)24-11-3-4-11/h1-2,5-8,11,16,21H,3-4,20H2. The zero-order valence-electron chi connectivity index (χ0n) is 12.6. The van der Waals surface area contributed by atoms with E-state index in [1.54, 1.807) is 18.2 Å². The second-order valence-electron chi connectivity index (χ2n) is 6.13. The molecule has 0 aromatic heterocycles. The van der Waals surface area contributed by atoms with Crippen LogP contribution in [-0.4, -0.2) is 12.3 Å². The highest BCUT2D eigenvalue weighted by Crippen LogP contribution is 2.49. The molecule has 1 fully saturated rings. The van der Waals surface area contributed by atoms with Gasteiger partial charge in [0.2, 0.25) is 0 Å². The molecule has 1 saturated carbocycles. The van der Waals surface area contributed by atoms with Gasteiger partial charge >= 0.3 is 0 Å². The summed E-state index contributed by atoms with van der Waals surface area (Å²) < 4.78 is 19.8. The van der Waals surface area contributed by atoms with Crippen molar-refractivity contribution in [1.82, 2.24) is 0 Å². The van der Waals surface area contributed by atoms with Crippen LogP contribution < -0.4 is 15.8 Å². The number of benzene rings is 2. The minimum absolute atomic E-state index is 0.0855. The second-order valence-corrected chi connectivity index (χ2v) is 6.56. The molecule has 0 radical (unpaired) electrons. The molecule has 2 aliphatic rings. The van der Waals surface area contributed by atoms with Crippen LogP contribution in [0.25, 0.3) is 0 Å². The molecule has 0 spiro atoms. The van der Waals surface area contributed by atoms with E-state index in [1.807, 2.05) is 0 Å². The lowest BCUT2D eigenvalue weighted by molar-refractivity contribution is 0.291. The normalized spacial score (nSPS) is 25.0. The smallest absolute Gasteiger partial charge is 0.191 e. The highest BCUT2D eigenvalue weighted by Gasteiger charge is 2.51. The van der Waals surface area contributed by atoms with E-state index in [-0.39, 0.29) is 6.10 Å². The molecule has 7 heteroatoms. The molecule has 1 aliphatic heterocycles. The molecule has 24 heavy (non-hydrogen) atoms. The molecule has 124 valence electrons. The van der Waals surface area contributed by atoms with Crippen LogP contribution in [0, 0.1) is 10.7 Å². The maximum absolute atomic E-state index is 14.0. The van der Waals surface area contributed by atoms with E-state index in [4.69, 9.17) is 22.1 Å². The van der Waals surface area contributed by atoms with Gasteiger partial charge in [-0.1, -0.05) is 11.6 Å². The van der Waals surface area contributed by atoms with E-state index < -0.39 is 17.5 Å². The minimum atomic E-state index is -1.51. The third kappa shape index (κ3) is 2.25. The first-order valence-electron chi connectivity index (χ1n) is 7.68. The van der Waals surface area contributed by atoms with Crippen molar-refractivity contribution in [3.8, 4) is 5.75 Å². The van der Waals surface area contributed by atoms with Gasteiger partial charge in [0.25, 0.3) is 0 Å². The van der Waals surface area contributed by atoms with Gasteiger partial charge < -0.3 is 15.8 Å². The second kappa shape index (κ2) is 5.43. The Morgan fingerprint density at radius 1 is 1.25 bits per heavy atom. The topological polar surface area (TPSA) is 76.7 Å². The molecule has 2 unspecified atom stereocenters. The Labute approximate surface area is 142 Å². The number of hydrogen-bond acceptors (Lipinski definition) is 5. The molecular formula is C17H15ClFN3O2. The lowest BCUT2D eigenvalue weighted by Crippen LogP contribution is -2.45. The van der Waals surface area contributed by atoms with Crippen LogP contribution in [0.5, 0.6) is 5.75 Å². The van der Waals surface area contributed by atoms with E-state index in [2.05, 4.69) is 10.5 Å². The van der Waals surface area contributed by atoms with Gasteiger partial charge in [-0.2, -0.15) is 0 Å². The largest absolute Gasteiger partial charge is 0.490 e. The zero-order chi connectivity index (χ0) is 16.9. The summed E-state index contributed by atoms with van der Waals surface area (Å²) in [5.41, 5.74) is 6.16. The number of nitrogens with zero attached hydrogens (tertiary/aromatic N) is 1. The third-order valence-corrected chi connectivity index (χ3v) is 4.70. The van der Waals surface area contributed by atoms with Crippen molar-refractivity contribution in [3.05, 3.63) is 63.3 Å². The van der Waals surface area contributed by atoms with Crippen LogP contribution in [0.2, 0.25) is 5.02 Å². The molecule has 2 aromatic rings. The molecule has 0 amide bonds. The summed E-state index contributed by atoms with van der Waals surface area (Å²) >= 11 is 6.09. The molecular weight excluding hydrogens is 333 g/mol. The summed E-state index contributed by atoms with van der Waals surface area (Å²) in [6, 6.07) is 9.12. The molecule has 3 N–H and O–H groups in total. The number of ether oxygens (including phenoxy) is 1. The number of nitrogens with one attached hydrogen (secondary N) is 1. The van der Waals surface area contributed by atoms with Crippen molar-refractivity contribution < 1.29 is 9.13 Å². The quantitative estimate of drug-likeness (QED) is 0.826. The van der Waals surface area contributed by atoms with Crippen LogP contribution in [-0.2, 0) is 5.54 Å². The summed E-state index contributed by atoms with van der Waals surface area (Å²) in [6.45, 7) is 0. The Bertz CT molecular complexity index is 827. The molecule has 2 aromatic carbocycles. The number of fused-ring (bicyclic) bond motifs is 1. The third-order valence-electron chi connectivity index (χ3n) is 4.47. The van der Waals surface area contributed by atoms with Crippen molar-refractivity contribution in [2.75, 3.05) is 5.32 Å². The van der Waals surface area contributed by atoms with Crippen molar-refractivity contribution in [2.45, 2.75) is 30.7 Å². The first kappa shape index (κ1) is 15.4.